The maximum atomic E-state index is 9.97. The fraction of sp³-hybridized carbons (Fsp3) is 0.467. The Morgan fingerprint density at radius 3 is 2.78 bits per heavy atom. The first-order chi connectivity index (χ1) is 8.61. The van der Waals surface area contributed by atoms with E-state index in [1.807, 2.05) is 19.1 Å². The zero-order valence-corrected chi connectivity index (χ0v) is 10.8. The molecule has 0 aromatic heterocycles. The van der Waals surface area contributed by atoms with Crippen LogP contribution in [0.4, 0.5) is 5.69 Å². The van der Waals surface area contributed by atoms with E-state index >= 15 is 0 Å². The van der Waals surface area contributed by atoms with Crippen molar-refractivity contribution in [2.75, 3.05) is 18.0 Å². The van der Waals surface area contributed by atoms with Gasteiger partial charge in [0.15, 0.2) is 0 Å². The normalized spacial score (nSPS) is 16.1. The average molecular weight is 244 g/mol. The summed E-state index contributed by atoms with van der Waals surface area (Å²) in [5.41, 5.74) is 7.53. The largest absolute Gasteiger partial charge is 0.508 e. The van der Waals surface area contributed by atoms with Gasteiger partial charge in [0.25, 0.3) is 0 Å². The van der Waals surface area contributed by atoms with E-state index in [0.29, 0.717) is 6.54 Å². The Bertz CT molecular complexity index is 458. The molecule has 1 atom stereocenters. The topological polar surface area (TPSA) is 49.5 Å². The smallest absolute Gasteiger partial charge is 0.122 e. The molecule has 96 valence electrons. The molecule has 1 fully saturated rings. The molecule has 2 rings (SSSR count). The van der Waals surface area contributed by atoms with Crippen molar-refractivity contribution >= 4 is 5.69 Å². The van der Waals surface area contributed by atoms with Crippen LogP contribution in [0.3, 0.4) is 0 Å². The molecule has 1 aliphatic carbocycles. The van der Waals surface area contributed by atoms with Crippen molar-refractivity contribution < 1.29 is 5.11 Å². The van der Waals surface area contributed by atoms with E-state index in [1.165, 1.54) is 12.8 Å². The van der Waals surface area contributed by atoms with Gasteiger partial charge < -0.3 is 15.7 Å². The number of anilines is 1. The molecule has 0 aliphatic heterocycles. The number of aromatic hydroxyl groups is 1. The van der Waals surface area contributed by atoms with Crippen LogP contribution < -0.4 is 10.6 Å². The molecule has 1 aromatic carbocycles. The Hall–Kier alpha value is -1.66. The van der Waals surface area contributed by atoms with Gasteiger partial charge in [-0.1, -0.05) is 12.0 Å². The van der Waals surface area contributed by atoms with Crippen LogP contribution in [0.15, 0.2) is 18.2 Å². The lowest BCUT2D eigenvalue weighted by Crippen LogP contribution is -2.26. The molecule has 0 amide bonds. The fourth-order valence-electron chi connectivity index (χ4n) is 2.10. The van der Waals surface area contributed by atoms with Crippen LogP contribution in [-0.4, -0.2) is 18.2 Å². The first-order valence-electron chi connectivity index (χ1n) is 6.38. The zero-order chi connectivity index (χ0) is 13.1. The zero-order valence-electron chi connectivity index (χ0n) is 10.8. The van der Waals surface area contributed by atoms with Crippen molar-refractivity contribution in [2.24, 2.45) is 11.7 Å². The standard InChI is InChI=1S/C15H20N2O/c1-3-8-17(10-12-4-5-12)13-6-7-14(11(2)16)15(18)9-13/h1,6-7,9,11-12,18H,4-5,8,10,16H2,2H3. The van der Waals surface area contributed by atoms with Crippen molar-refractivity contribution in [3.63, 3.8) is 0 Å². The van der Waals surface area contributed by atoms with Crippen molar-refractivity contribution in [1.82, 2.24) is 0 Å². The number of phenolic OH excluding ortho intramolecular Hbond substituents is 1. The second-order valence-electron chi connectivity index (χ2n) is 5.06. The minimum absolute atomic E-state index is 0.163. The van der Waals surface area contributed by atoms with Gasteiger partial charge in [0.05, 0.1) is 6.54 Å². The van der Waals surface area contributed by atoms with Crippen molar-refractivity contribution in [2.45, 2.75) is 25.8 Å². The van der Waals surface area contributed by atoms with Crippen molar-refractivity contribution in [1.29, 1.82) is 0 Å². The van der Waals surface area contributed by atoms with Crippen LogP contribution in [0.2, 0.25) is 0 Å². The summed E-state index contributed by atoms with van der Waals surface area (Å²) < 4.78 is 0. The van der Waals surface area contributed by atoms with Gasteiger partial charge in [-0.2, -0.15) is 0 Å². The Labute approximate surface area is 109 Å². The lowest BCUT2D eigenvalue weighted by molar-refractivity contribution is 0.463. The summed E-state index contributed by atoms with van der Waals surface area (Å²) in [6.07, 6.45) is 7.97. The second-order valence-corrected chi connectivity index (χ2v) is 5.06. The van der Waals surface area contributed by atoms with Gasteiger partial charge in [-0.05, 0) is 31.7 Å². The SMILES string of the molecule is C#CCN(CC1CC1)c1ccc(C(C)N)c(O)c1. The summed E-state index contributed by atoms with van der Waals surface area (Å²) in [5.74, 6) is 3.68. The summed E-state index contributed by atoms with van der Waals surface area (Å²) >= 11 is 0. The molecule has 3 heteroatoms. The van der Waals surface area contributed by atoms with Crippen molar-refractivity contribution in [3.05, 3.63) is 23.8 Å². The molecule has 3 N–H and O–H groups in total. The van der Waals surface area contributed by atoms with E-state index < -0.39 is 0 Å². The van der Waals surface area contributed by atoms with Crippen LogP contribution in [0, 0.1) is 18.3 Å². The molecule has 0 bridgehead atoms. The monoisotopic (exact) mass is 244 g/mol. The molecule has 3 nitrogen and oxygen atoms in total. The Morgan fingerprint density at radius 1 is 1.56 bits per heavy atom. The predicted octanol–water partition coefficient (Wildman–Crippen LogP) is 2.26. The first-order valence-corrected chi connectivity index (χ1v) is 6.38. The number of phenols is 1. The highest BCUT2D eigenvalue weighted by Crippen LogP contribution is 2.33. The molecule has 0 radical (unpaired) electrons. The molecule has 0 spiro atoms. The van der Waals surface area contributed by atoms with E-state index in [9.17, 15) is 5.11 Å². The number of hydrogen-bond donors (Lipinski definition) is 2. The fourth-order valence-corrected chi connectivity index (χ4v) is 2.10. The van der Waals surface area contributed by atoms with E-state index in [1.54, 1.807) is 6.07 Å². The Kier molecular flexibility index (Phi) is 3.78. The van der Waals surface area contributed by atoms with E-state index in [4.69, 9.17) is 12.2 Å². The van der Waals surface area contributed by atoms with Crippen LogP contribution in [0.25, 0.3) is 0 Å². The number of rotatable bonds is 5. The Balaban J connectivity index is 2.19. The van der Waals surface area contributed by atoms with Gasteiger partial charge >= 0.3 is 0 Å². The minimum Gasteiger partial charge on any atom is -0.508 e. The average Bonchev–Trinajstić information content (AvgIpc) is 3.11. The van der Waals surface area contributed by atoms with Crippen LogP contribution in [0.1, 0.15) is 31.4 Å². The van der Waals surface area contributed by atoms with Gasteiger partial charge in [0, 0.05) is 29.9 Å². The molecule has 1 saturated carbocycles. The summed E-state index contributed by atoms with van der Waals surface area (Å²) in [4.78, 5) is 2.14. The summed E-state index contributed by atoms with van der Waals surface area (Å²) in [5, 5.41) is 9.97. The second kappa shape index (κ2) is 5.32. The number of nitrogens with two attached hydrogens (primary N) is 1. The summed E-state index contributed by atoms with van der Waals surface area (Å²) in [7, 11) is 0. The molecule has 0 saturated heterocycles. The number of hydrogen-bond acceptors (Lipinski definition) is 3. The predicted molar refractivity (Wildman–Crippen MR) is 74.5 cm³/mol. The van der Waals surface area contributed by atoms with Crippen LogP contribution >= 0.6 is 0 Å². The number of benzene rings is 1. The van der Waals surface area contributed by atoms with E-state index in [2.05, 4.69) is 10.8 Å². The summed E-state index contributed by atoms with van der Waals surface area (Å²) in [6.45, 7) is 3.41. The third-order valence-corrected chi connectivity index (χ3v) is 3.33. The molecule has 1 aliphatic rings. The molecule has 1 unspecified atom stereocenters. The Morgan fingerprint density at radius 2 is 2.28 bits per heavy atom. The maximum Gasteiger partial charge on any atom is 0.122 e. The highest BCUT2D eigenvalue weighted by Gasteiger charge is 2.24. The van der Waals surface area contributed by atoms with Gasteiger partial charge in [0.1, 0.15) is 5.75 Å². The van der Waals surface area contributed by atoms with Gasteiger partial charge in [-0.15, -0.1) is 6.42 Å². The molecular weight excluding hydrogens is 224 g/mol. The van der Waals surface area contributed by atoms with Crippen LogP contribution in [0.5, 0.6) is 5.75 Å². The molecule has 1 aromatic rings. The van der Waals surface area contributed by atoms with Gasteiger partial charge in [-0.25, -0.2) is 0 Å². The highest BCUT2D eigenvalue weighted by molar-refractivity contribution is 5.54. The summed E-state index contributed by atoms with van der Waals surface area (Å²) in [6, 6.07) is 5.46. The quantitative estimate of drug-likeness (QED) is 0.781. The number of terminal acetylenes is 1. The van der Waals surface area contributed by atoms with Gasteiger partial charge in [0.2, 0.25) is 0 Å². The minimum atomic E-state index is -0.163. The van der Waals surface area contributed by atoms with E-state index in [0.717, 1.165) is 23.7 Å². The molecule has 18 heavy (non-hydrogen) atoms. The molecule has 0 heterocycles. The molecular formula is C15H20N2O. The van der Waals surface area contributed by atoms with Crippen molar-refractivity contribution in [3.8, 4) is 18.1 Å². The van der Waals surface area contributed by atoms with E-state index in [-0.39, 0.29) is 11.8 Å². The van der Waals surface area contributed by atoms with Gasteiger partial charge in [-0.3, -0.25) is 0 Å². The van der Waals surface area contributed by atoms with Crippen LogP contribution in [-0.2, 0) is 0 Å². The maximum absolute atomic E-state index is 9.97. The number of nitrogens with zero attached hydrogens (tertiary/aromatic N) is 1. The third kappa shape index (κ3) is 2.96. The third-order valence-electron chi connectivity index (χ3n) is 3.33. The highest BCUT2D eigenvalue weighted by atomic mass is 16.3. The lowest BCUT2D eigenvalue weighted by atomic mass is 10.1. The first kappa shape index (κ1) is 12.8. The lowest BCUT2D eigenvalue weighted by Gasteiger charge is -2.23.